The van der Waals surface area contributed by atoms with Crippen LogP contribution < -0.4 is 10.4 Å². The Balaban J connectivity index is 2.57. The Bertz CT molecular complexity index is 732. The van der Waals surface area contributed by atoms with E-state index in [4.69, 9.17) is 18.5 Å². The molecule has 200 valence electrons. The minimum atomic E-state index is -1.65. The number of esters is 1. The van der Waals surface area contributed by atoms with E-state index in [0.717, 1.165) is 0 Å². The van der Waals surface area contributed by atoms with Gasteiger partial charge in [0.05, 0.1) is 25.4 Å². The van der Waals surface area contributed by atoms with Crippen LogP contribution in [0.5, 0.6) is 0 Å². The Hall–Kier alpha value is -1.56. The molecular weight excluding hydrogens is 497 g/mol. The SMILES string of the molecule is CNC(=O)/C=C\N(C=O)C1CCC(COP(NCC(=O)OC(C)C)OCCSC(=O)C(C)(C)C)O1. The Morgan fingerprint density at radius 2 is 1.94 bits per heavy atom. The summed E-state index contributed by atoms with van der Waals surface area (Å²) >= 11 is 1.19. The number of thioether (sulfide) groups is 1. The number of carbonyl (C=O) groups is 4. The van der Waals surface area contributed by atoms with Crippen LogP contribution in [0.1, 0.15) is 47.5 Å². The molecule has 1 rings (SSSR count). The van der Waals surface area contributed by atoms with E-state index < -0.39 is 26.1 Å². The van der Waals surface area contributed by atoms with Crippen molar-refractivity contribution in [1.29, 1.82) is 0 Å². The first-order chi connectivity index (χ1) is 16.5. The van der Waals surface area contributed by atoms with Crippen LogP contribution in [0.3, 0.4) is 0 Å². The van der Waals surface area contributed by atoms with Crippen LogP contribution in [-0.4, -0.2) is 79.3 Å². The normalized spacial score (nSPS) is 19.1. The molecule has 1 saturated heterocycles. The van der Waals surface area contributed by atoms with Crippen LogP contribution in [0.2, 0.25) is 0 Å². The molecule has 3 atom stereocenters. The Morgan fingerprint density at radius 3 is 2.54 bits per heavy atom. The van der Waals surface area contributed by atoms with Gasteiger partial charge in [0.15, 0.2) is 5.12 Å². The maximum absolute atomic E-state index is 12.1. The second-order valence-corrected chi connectivity index (χ2v) is 11.3. The van der Waals surface area contributed by atoms with Gasteiger partial charge in [-0.2, -0.15) is 0 Å². The number of likely N-dealkylation sites (N-methyl/N-ethyl adjacent to an activating group) is 1. The first-order valence-electron chi connectivity index (χ1n) is 11.4. The molecule has 2 N–H and O–H groups in total. The van der Waals surface area contributed by atoms with Gasteiger partial charge in [0.25, 0.3) is 8.53 Å². The predicted octanol–water partition coefficient (Wildman–Crippen LogP) is 2.32. The summed E-state index contributed by atoms with van der Waals surface area (Å²) in [6.07, 6.45) is 3.38. The van der Waals surface area contributed by atoms with Crippen molar-refractivity contribution in [3.8, 4) is 0 Å². The largest absolute Gasteiger partial charge is 0.462 e. The molecule has 1 aliphatic heterocycles. The highest BCUT2D eigenvalue weighted by Gasteiger charge is 2.30. The maximum Gasteiger partial charge on any atom is 0.320 e. The standard InChI is InChI=1S/C22H38N3O8PS/c1-16(2)32-20(28)13-24-34(30-11-12-35-21(29)22(3,4)5)31-14-17-7-8-19(33-17)25(15-26)10-9-18(27)23-6/h9-10,15-17,19,24H,7-8,11-14H2,1-6H3,(H,23,27)/b10-9-. The van der Waals surface area contributed by atoms with E-state index in [-0.39, 0.29) is 43.0 Å². The van der Waals surface area contributed by atoms with Gasteiger partial charge in [-0.3, -0.25) is 24.1 Å². The summed E-state index contributed by atoms with van der Waals surface area (Å²) in [6, 6.07) is 0. The van der Waals surface area contributed by atoms with Crippen LogP contribution in [0, 0.1) is 5.41 Å². The van der Waals surface area contributed by atoms with E-state index in [1.165, 1.54) is 36.0 Å². The van der Waals surface area contributed by atoms with Gasteiger partial charge >= 0.3 is 5.97 Å². The summed E-state index contributed by atoms with van der Waals surface area (Å²) in [4.78, 5) is 48.0. The first-order valence-corrected chi connectivity index (χ1v) is 13.6. The van der Waals surface area contributed by atoms with Gasteiger partial charge in [-0.1, -0.05) is 32.5 Å². The number of hydrogen-bond acceptors (Lipinski definition) is 10. The fourth-order valence-electron chi connectivity index (χ4n) is 2.65. The maximum atomic E-state index is 12.1. The summed E-state index contributed by atoms with van der Waals surface area (Å²) in [5.74, 6) is -0.314. The predicted molar refractivity (Wildman–Crippen MR) is 134 cm³/mol. The number of nitrogens with zero attached hydrogens (tertiary/aromatic N) is 1. The quantitative estimate of drug-likeness (QED) is 0.106. The second-order valence-electron chi connectivity index (χ2n) is 8.92. The zero-order chi connectivity index (χ0) is 26.4. The topological polar surface area (TPSA) is 132 Å². The Morgan fingerprint density at radius 1 is 1.23 bits per heavy atom. The van der Waals surface area contributed by atoms with Gasteiger partial charge in [0.2, 0.25) is 12.3 Å². The molecule has 0 spiro atoms. The third kappa shape index (κ3) is 13.4. The zero-order valence-corrected chi connectivity index (χ0v) is 23.0. The van der Waals surface area contributed by atoms with Crippen LogP contribution >= 0.6 is 20.3 Å². The van der Waals surface area contributed by atoms with Gasteiger partial charge in [-0.05, 0) is 26.7 Å². The lowest BCUT2D eigenvalue weighted by Crippen LogP contribution is -2.31. The lowest BCUT2D eigenvalue weighted by atomic mass is 10.00. The molecule has 13 heteroatoms. The number of carbonyl (C=O) groups excluding carboxylic acids is 4. The van der Waals surface area contributed by atoms with Gasteiger partial charge in [-0.15, -0.1) is 0 Å². The molecule has 0 aromatic heterocycles. The Labute approximate surface area is 213 Å². The van der Waals surface area contributed by atoms with Crippen molar-refractivity contribution in [2.75, 3.05) is 32.6 Å². The molecule has 0 aromatic carbocycles. The molecule has 11 nitrogen and oxygen atoms in total. The van der Waals surface area contributed by atoms with Gasteiger partial charge in [0, 0.05) is 30.5 Å². The van der Waals surface area contributed by atoms with Crippen molar-refractivity contribution < 1.29 is 37.7 Å². The average molecular weight is 536 g/mol. The van der Waals surface area contributed by atoms with Crippen molar-refractivity contribution in [3.63, 3.8) is 0 Å². The van der Waals surface area contributed by atoms with E-state index >= 15 is 0 Å². The summed E-state index contributed by atoms with van der Waals surface area (Å²) < 4.78 is 22.6. The number of nitrogens with one attached hydrogen (secondary N) is 2. The second kappa shape index (κ2) is 16.2. The fourth-order valence-corrected chi connectivity index (χ4v) is 4.63. The average Bonchev–Trinajstić information content (AvgIpc) is 3.25. The minimum absolute atomic E-state index is 0.0652. The molecule has 0 aromatic rings. The lowest BCUT2D eigenvalue weighted by molar-refractivity contribution is -0.146. The highest BCUT2D eigenvalue weighted by molar-refractivity contribution is 8.13. The molecule has 0 aliphatic carbocycles. The molecule has 1 fully saturated rings. The molecule has 0 saturated carbocycles. The summed E-state index contributed by atoms with van der Waals surface area (Å²) in [5, 5.41) is 5.43. The van der Waals surface area contributed by atoms with E-state index in [0.29, 0.717) is 25.0 Å². The number of rotatable bonds is 15. The van der Waals surface area contributed by atoms with E-state index in [1.54, 1.807) is 13.8 Å². The molecule has 0 radical (unpaired) electrons. The van der Waals surface area contributed by atoms with Gasteiger partial charge in [-0.25, -0.2) is 5.09 Å². The third-order valence-electron chi connectivity index (χ3n) is 4.42. The van der Waals surface area contributed by atoms with Crippen molar-refractivity contribution in [2.24, 2.45) is 5.41 Å². The number of hydrogen-bond donors (Lipinski definition) is 2. The van der Waals surface area contributed by atoms with Crippen LogP contribution in [0.4, 0.5) is 0 Å². The third-order valence-corrected chi connectivity index (χ3v) is 6.88. The minimum Gasteiger partial charge on any atom is -0.462 e. The molecule has 1 heterocycles. The highest BCUT2D eigenvalue weighted by Crippen LogP contribution is 2.35. The molecule has 1 aliphatic rings. The molecule has 0 bridgehead atoms. The van der Waals surface area contributed by atoms with Crippen LogP contribution in [-0.2, 0) is 37.7 Å². The smallest absolute Gasteiger partial charge is 0.320 e. The summed E-state index contributed by atoms with van der Waals surface area (Å²) in [7, 11) is -0.154. The zero-order valence-electron chi connectivity index (χ0n) is 21.3. The molecular formula is C22H38N3O8PS. The lowest BCUT2D eigenvalue weighted by Gasteiger charge is -2.23. The number of ether oxygens (including phenoxy) is 2. The van der Waals surface area contributed by atoms with Crippen molar-refractivity contribution >= 4 is 43.7 Å². The van der Waals surface area contributed by atoms with E-state index in [9.17, 15) is 19.2 Å². The van der Waals surface area contributed by atoms with Crippen molar-refractivity contribution in [2.45, 2.75) is 65.9 Å². The van der Waals surface area contributed by atoms with Crippen LogP contribution in [0.25, 0.3) is 0 Å². The fraction of sp³-hybridized carbons (Fsp3) is 0.727. The van der Waals surface area contributed by atoms with Crippen molar-refractivity contribution in [1.82, 2.24) is 15.3 Å². The van der Waals surface area contributed by atoms with Crippen LogP contribution in [0.15, 0.2) is 12.3 Å². The van der Waals surface area contributed by atoms with Crippen molar-refractivity contribution in [3.05, 3.63) is 12.3 Å². The molecule has 3 unspecified atom stereocenters. The molecule has 35 heavy (non-hydrogen) atoms. The summed E-state index contributed by atoms with van der Waals surface area (Å²) in [5.41, 5.74) is -0.438. The highest BCUT2D eigenvalue weighted by atomic mass is 32.2. The monoisotopic (exact) mass is 535 g/mol. The first kappa shape index (κ1) is 31.5. The summed E-state index contributed by atoms with van der Waals surface area (Å²) in [6.45, 7) is 9.43. The number of amides is 2. The van der Waals surface area contributed by atoms with E-state index in [1.807, 2.05) is 20.8 Å². The van der Waals surface area contributed by atoms with Gasteiger partial charge in [0.1, 0.15) is 12.8 Å². The van der Waals surface area contributed by atoms with E-state index in [2.05, 4.69) is 10.4 Å². The molecule has 2 amide bonds. The Kier molecular flexibility index (Phi) is 14.6. The van der Waals surface area contributed by atoms with Gasteiger partial charge < -0.3 is 23.8 Å².